The zero-order chi connectivity index (χ0) is 33.8. The molecule has 3 unspecified atom stereocenters. The molecular weight excluding hydrogens is 690 g/mol. The van der Waals surface area contributed by atoms with Crippen molar-refractivity contribution in [3.63, 3.8) is 0 Å². The van der Waals surface area contributed by atoms with E-state index in [1.165, 1.54) is 7.11 Å². The van der Waals surface area contributed by atoms with Gasteiger partial charge in [-0.05, 0) is 58.1 Å². The normalized spacial score (nSPS) is 18.5. The van der Waals surface area contributed by atoms with E-state index in [0.29, 0.717) is 35.8 Å². The Bertz CT molecular complexity index is 2240. The van der Waals surface area contributed by atoms with Crippen LogP contribution in [0.5, 0.6) is 5.75 Å². The van der Waals surface area contributed by atoms with Gasteiger partial charge in [0.1, 0.15) is 17.7 Å². The number of nitrogens with one attached hydrogen (secondary N) is 3. The number of para-hydroxylation sites is 2. The number of amides is 1. The molecule has 0 saturated heterocycles. The summed E-state index contributed by atoms with van der Waals surface area (Å²) >= 11 is 3.65. The molecule has 11 nitrogen and oxygen atoms in total. The Morgan fingerprint density at radius 2 is 1.86 bits per heavy atom. The maximum absolute atomic E-state index is 13.2. The van der Waals surface area contributed by atoms with Gasteiger partial charge in [0.25, 0.3) is 0 Å². The fourth-order valence-corrected chi connectivity index (χ4v) is 6.96. The first-order valence-corrected chi connectivity index (χ1v) is 16.8. The molecule has 0 fully saturated rings. The standard InChI is InChI=1S/C37H32BrN5O6/c1-18(2)29-35-42-30(36-43-31(37(45)46-3)32(48-36)22-17-39-24-10-6-4-8-20(22)24)33(49-35)28-21-16-19(13-15-27(44)41-29)12-14-26(21)47-34(28)40-25-11-7-5-9-23(25)38/h4-12,14,16-18,28-29,34,39-40H,13,15H2,1-3H3,(H,41,44). The van der Waals surface area contributed by atoms with Gasteiger partial charge in [0.05, 0.1) is 12.8 Å². The van der Waals surface area contributed by atoms with Crippen molar-refractivity contribution in [2.45, 2.75) is 44.9 Å². The second-order valence-corrected chi connectivity index (χ2v) is 13.4. The fraction of sp³-hybridized carbons (Fsp3) is 0.243. The van der Waals surface area contributed by atoms with E-state index in [2.05, 4.69) is 37.6 Å². The molecule has 4 bridgehead atoms. The zero-order valence-corrected chi connectivity index (χ0v) is 28.5. The van der Waals surface area contributed by atoms with Crippen LogP contribution in [-0.4, -0.2) is 40.2 Å². The molecule has 3 N–H and O–H groups in total. The maximum atomic E-state index is 13.2. The number of hydrogen-bond donors (Lipinski definition) is 3. The number of aryl methyl sites for hydroxylation is 1. The monoisotopic (exact) mass is 721 g/mol. The van der Waals surface area contributed by atoms with Crippen molar-refractivity contribution in [2.24, 2.45) is 5.92 Å². The minimum Gasteiger partial charge on any atom is -0.469 e. The number of ether oxygens (including phenoxy) is 2. The molecule has 12 heteroatoms. The number of methoxy groups -OCH3 is 1. The Balaban J connectivity index is 1.36. The summed E-state index contributed by atoms with van der Waals surface area (Å²) in [6.45, 7) is 3.99. The molecule has 2 aliphatic heterocycles. The number of halogens is 1. The van der Waals surface area contributed by atoms with E-state index in [1.807, 2.05) is 74.5 Å². The lowest BCUT2D eigenvalue weighted by Gasteiger charge is -2.22. The lowest BCUT2D eigenvalue weighted by atomic mass is 9.92. The number of hydrogen-bond acceptors (Lipinski definition) is 9. The number of aromatic nitrogens is 3. The van der Waals surface area contributed by atoms with Crippen LogP contribution in [0, 0.1) is 5.92 Å². The van der Waals surface area contributed by atoms with Gasteiger partial charge in [0, 0.05) is 39.1 Å². The number of esters is 1. The van der Waals surface area contributed by atoms with Crippen molar-refractivity contribution in [2.75, 3.05) is 12.4 Å². The average Bonchev–Trinajstić information content (AvgIpc) is 3.89. The predicted molar refractivity (Wildman–Crippen MR) is 185 cm³/mol. The van der Waals surface area contributed by atoms with Gasteiger partial charge in [-0.2, -0.15) is 4.98 Å². The third kappa shape index (κ3) is 5.45. The first kappa shape index (κ1) is 30.9. The van der Waals surface area contributed by atoms with E-state index in [-0.39, 0.29) is 34.9 Å². The number of nitrogens with zero attached hydrogens (tertiary/aromatic N) is 2. The van der Waals surface area contributed by atoms with Crippen LogP contribution in [0.25, 0.3) is 33.8 Å². The summed E-state index contributed by atoms with van der Waals surface area (Å²) < 4.78 is 25.8. The quantitative estimate of drug-likeness (QED) is 0.147. The molecule has 0 aliphatic carbocycles. The number of H-pyrrole nitrogens is 1. The number of anilines is 1. The summed E-state index contributed by atoms with van der Waals surface area (Å²) in [6.07, 6.45) is 2.00. The van der Waals surface area contributed by atoms with Crippen molar-refractivity contribution >= 4 is 44.4 Å². The molecule has 3 aromatic heterocycles. The summed E-state index contributed by atoms with van der Waals surface area (Å²) in [7, 11) is 1.30. The summed E-state index contributed by atoms with van der Waals surface area (Å²) in [5, 5.41) is 7.52. The smallest absolute Gasteiger partial charge is 0.360 e. The number of rotatable bonds is 6. The molecule has 49 heavy (non-hydrogen) atoms. The third-order valence-corrected chi connectivity index (χ3v) is 9.71. The highest BCUT2D eigenvalue weighted by Gasteiger charge is 2.43. The topological polar surface area (TPSA) is 145 Å². The van der Waals surface area contributed by atoms with Gasteiger partial charge in [0.15, 0.2) is 29.1 Å². The molecule has 248 valence electrons. The van der Waals surface area contributed by atoms with E-state index in [4.69, 9.17) is 28.3 Å². The van der Waals surface area contributed by atoms with Gasteiger partial charge < -0.3 is 33.9 Å². The van der Waals surface area contributed by atoms with E-state index in [0.717, 1.165) is 32.2 Å². The first-order valence-electron chi connectivity index (χ1n) is 16.1. The molecule has 6 aromatic rings. The third-order valence-electron chi connectivity index (χ3n) is 9.02. The van der Waals surface area contributed by atoms with Gasteiger partial charge in [0.2, 0.25) is 17.7 Å². The minimum absolute atomic E-state index is 0.00219. The Kier molecular flexibility index (Phi) is 7.74. The Hall–Kier alpha value is -5.36. The highest BCUT2D eigenvalue weighted by molar-refractivity contribution is 9.10. The van der Waals surface area contributed by atoms with Crippen molar-refractivity contribution < 1.29 is 27.9 Å². The van der Waals surface area contributed by atoms with Gasteiger partial charge in [-0.15, -0.1) is 0 Å². The summed E-state index contributed by atoms with van der Waals surface area (Å²) in [4.78, 5) is 39.3. The van der Waals surface area contributed by atoms with Crippen molar-refractivity contribution in [1.29, 1.82) is 0 Å². The van der Waals surface area contributed by atoms with Crippen LogP contribution < -0.4 is 15.4 Å². The van der Waals surface area contributed by atoms with Crippen LogP contribution in [0.2, 0.25) is 0 Å². The Morgan fingerprint density at radius 1 is 1.04 bits per heavy atom. The first-order chi connectivity index (χ1) is 23.8. The van der Waals surface area contributed by atoms with Gasteiger partial charge in [-0.1, -0.05) is 56.3 Å². The van der Waals surface area contributed by atoms with Crippen LogP contribution >= 0.6 is 15.9 Å². The van der Waals surface area contributed by atoms with Crippen molar-refractivity contribution in [3.8, 4) is 28.7 Å². The maximum Gasteiger partial charge on any atom is 0.360 e. The SMILES string of the molecule is COC(=O)c1nc(-c2nc3oc2C2c4cc(ccc4OC2Nc2ccccc2Br)CCC(=O)NC3C(C)C)oc1-c1c[nH]c2ccccc12. The largest absolute Gasteiger partial charge is 0.469 e. The highest BCUT2D eigenvalue weighted by atomic mass is 79.9. The van der Waals surface area contributed by atoms with Crippen molar-refractivity contribution in [1.82, 2.24) is 20.3 Å². The number of carbonyl (C=O) groups is 2. The second kappa shape index (κ2) is 12.3. The Morgan fingerprint density at radius 3 is 2.67 bits per heavy atom. The Labute approximate surface area is 289 Å². The zero-order valence-electron chi connectivity index (χ0n) is 26.9. The van der Waals surface area contributed by atoms with Crippen LogP contribution in [-0.2, 0) is 16.0 Å². The molecule has 2 aliphatic rings. The van der Waals surface area contributed by atoms with Crippen LogP contribution in [0.15, 0.2) is 86.2 Å². The number of carbonyl (C=O) groups excluding carboxylic acids is 2. The number of oxazole rings is 2. The second-order valence-electron chi connectivity index (χ2n) is 12.5. The lowest BCUT2D eigenvalue weighted by Crippen LogP contribution is -2.32. The molecule has 8 rings (SSSR count). The van der Waals surface area contributed by atoms with Crippen LogP contribution in [0.4, 0.5) is 5.69 Å². The van der Waals surface area contributed by atoms with Gasteiger partial charge in [-0.3, -0.25) is 4.79 Å². The molecule has 3 aromatic carbocycles. The average molecular weight is 723 g/mol. The predicted octanol–water partition coefficient (Wildman–Crippen LogP) is 7.75. The van der Waals surface area contributed by atoms with Crippen LogP contribution in [0.1, 0.15) is 65.5 Å². The minimum atomic E-state index is -0.661. The van der Waals surface area contributed by atoms with E-state index >= 15 is 0 Å². The van der Waals surface area contributed by atoms with E-state index < -0.39 is 24.2 Å². The molecule has 0 radical (unpaired) electrons. The molecule has 0 spiro atoms. The lowest BCUT2D eigenvalue weighted by molar-refractivity contribution is -0.122. The summed E-state index contributed by atoms with van der Waals surface area (Å²) in [5.74, 6) is 0.319. The summed E-state index contributed by atoms with van der Waals surface area (Å²) in [5.41, 5.74) is 4.47. The molecule has 5 heterocycles. The fourth-order valence-electron chi connectivity index (χ4n) is 6.56. The summed E-state index contributed by atoms with van der Waals surface area (Å²) in [6, 6.07) is 20.9. The number of fused-ring (bicyclic) bond motifs is 5. The molecular formula is C37H32BrN5O6. The van der Waals surface area contributed by atoms with E-state index in [9.17, 15) is 9.59 Å². The van der Waals surface area contributed by atoms with Crippen LogP contribution in [0.3, 0.4) is 0 Å². The molecule has 0 saturated carbocycles. The van der Waals surface area contributed by atoms with Gasteiger partial charge in [-0.25, -0.2) is 9.78 Å². The van der Waals surface area contributed by atoms with Gasteiger partial charge >= 0.3 is 5.97 Å². The molecule has 1 amide bonds. The van der Waals surface area contributed by atoms with Crippen molar-refractivity contribution in [3.05, 3.63) is 106 Å². The highest BCUT2D eigenvalue weighted by Crippen LogP contribution is 2.48. The number of aromatic amines is 1. The molecule has 3 atom stereocenters. The number of benzene rings is 3. The van der Waals surface area contributed by atoms with E-state index in [1.54, 1.807) is 6.20 Å².